The van der Waals surface area contributed by atoms with Crippen LogP contribution in [-0.2, 0) is 11.2 Å². The number of anilines is 1. The van der Waals surface area contributed by atoms with E-state index in [1.165, 1.54) is 23.1 Å². The number of fused-ring (bicyclic) bond motifs is 2. The quantitative estimate of drug-likeness (QED) is 0.196. The van der Waals surface area contributed by atoms with E-state index >= 15 is 8.78 Å². The van der Waals surface area contributed by atoms with E-state index in [9.17, 15) is 24.1 Å². The van der Waals surface area contributed by atoms with E-state index in [0.717, 1.165) is 0 Å². The average Bonchev–Trinajstić information content (AvgIpc) is 3.88. The third-order valence-corrected chi connectivity index (χ3v) is 11.2. The topological polar surface area (TPSA) is 124 Å². The first-order valence-electron chi connectivity index (χ1n) is 19.1. The van der Waals surface area contributed by atoms with E-state index in [2.05, 4.69) is 4.98 Å². The number of aromatic nitrogens is 2. The number of ether oxygens (including phenoxy) is 2. The highest BCUT2D eigenvalue weighted by Gasteiger charge is 2.52. The Hall–Kier alpha value is -4.11. The zero-order chi connectivity index (χ0) is 39.4. The summed E-state index contributed by atoms with van der Waals surface area (Å²) in [7, 11) is 0. The van der Waals surface area contributed by atoms with Crippen molar-refractivity contribution in [3.8, 4) is 11.8 Å². The third kappa shape index (κ3) is 7.58. The number of β-amino-alcohol motifs (C(OH)–C–C–N with tert-alkyl or cyclic N) is 2. The minimum absolute atomic E-state index is 0.0380. The number of benzene rings is 2. The molecule has 2 aromatic carbocycles. The number of aliphatic imine (C=N–C) groups is 1. The van der Waals surface area contributed by atoms with Gasteiger partial charge in [0.1, 0.15) is 34.8 Å². The van der Waals surface area contributed by atoms with Gasteiger partial charge in [0.25, 0.3) is 5.92 Å². The van der Waals surface area contributed by atoms with E-state index in [0.29, 0.717) is 59.7 Å². The van der Waals surface area contributed by atoms with Crippen molar-refractivity contribution < 1.29 is 42.4 Å². The van der Waals surface area contributed by atoms with Gasteiger partial charge in [-0.05, 0) is 86.6 Å². The zero-order valence-electron chi connectivity index (χ0n) is 31.9. The van der Waals surface area contributed by atoms with Gasteiger partial charge in [-0.2, -0.15) is 9.97 Å². The minimum atomic E-state index is -3.20. The molecule has 0 spiro atoms. The van der Waals surface area contributed by atoms with Crippen LogP contribution in [0.4, 0.5) is 23.4 Å². The molecule has 3 fully saturated rings. The van der Waals surface area contributed by atoms with Crippen molar-refractivity contribution in [1.29, 1.82) is 0 Å². The number of nitrogens with zero attached hydrogens (tertiary/aromatic N) is 5. The third-order valence-electron chi connectivity index (χ3n) is 11.2. The normalized spacial score (nSPS) is 25.8. The maximum absolute atomic E-state index is 17.9. The fourth-order valence-electron chi connectivity index (χ4n) is 7.99. The number of hydrogen-bond acceptors (Lipinski definition) is 10. The summed E-state index contributed by atoms with van der Waals surface area (Å²) in [6, 6.07) is 5.44. The first-order valence-corrected chi connectivity index (χ1v) is 19.1. The Labute approximate surface area is 318 Å². The van der Waals surface area contributed by atoms with E-state index in [-0.39, 0.29) is 85.6 Å². The number of alkyl halides is 2. The molecule has 1 saturated carbocycles. The number of hydrogen-bond donors (Lipinski definition) is 3. The molecule has 3 aromatic rings. The lowest BCUT2D eigenvalue weighted by Gasteiger charge is -2.33. The smallest absolute Gasteiger partial charge is 0.319 e. The number of halogens is 4. The molecule has 0 amide bonds. The van der Waals surface area contributed by atoms with E-state index < -0.39 is 41.2 Å². The number of likely N-dealkylation sites (tertiary alicyclic amines) is 1. The fraction of sp³-hybridized carbons (Fsp3) is 0.537. The Balaban J connectivity index is 1.42. The molecule has 3 heterocycles. The second-order valence-electron chi connectivity index (χ2n) is 15.9. The van der Waals surface area contributed by atoms with Crippen LogP contribution in [0, 0.1) is 11.2 Å². The number of phenols is 1. The van der Waals surface area contributed by atoms with Gasteiger partial charge < -0.3 is 29.7 Å². The lowest BCUT2D eigenvalue weighted by Crippen LogP contribution is -2.42. The van der Waals surface area contributed by atoms with Crippen LogP contribution in [-0.4, -0.2) is 112 Å². The lowest BCUT2D eigenvalue weighted by molar-refractivity contribution is -0.0733. The van der Waals surface area contributed by atoms with Crippen LogP contribution >= 0.6 is 0 Å². The first-order chi connectivity index (χ1) is 26.1. The molecule has 0 radical (unpaired) electrons. The summed E-state index contributed by atoms with van der Waals surface area (Å²) in [5.74, 6) is -4.27. The average molecular weight is 768 g/mol. The standard InChI is InChI=1S/C41H49F4N5O5/c1-6-23(4)46-35-27(8-3)33-36(34(43)32(35)28-16-25(51)15-24-9-10-29(42)26(7-2)31(24)28)47-38(48-37(33)50-13-14-54-21-39(5,53)18-50)55-22-40(11-12-40)19-49-17-30(52)41(44,45)20-49/h8-10,15-16,23,30,51-53H,6-7,11-14,17-22H2,1-5H3/b27-8-,46-35?. The molecule has 55 heavy (non-hydrogen) atoms. The first kappa shape index (κ1) is 39.1. The largest absolute Gasteiger partial charge is 0.508 e. The van der Waals surface area contributed by atoms with Crippen molar-refractivity contribution in [1.82, 2.24) is 14.9 Å². The van der Waals surface area contributed by atoms with Gasteiger partial charge in [0.05, 0.1) is 44.2 Å². The second-order valence-corrected chi connectivity index (χ2v) is 15.9. The van der Waals surface area contributed by atoms with Gasteiger partial charge in [0, 0.05) is 42.2 Å². The van der Waals surface area contributed by atoms with Crippen LogP contribution in [0.3, 0.4) is 0 Å². The van der Waals surface area contributed by atoms with Gasteiger partial charge in [0.15, 0.2) is 5.83 Å². The maximum Gasteiger partial charge on any atom is 0.319 e. The van der Waals surface area contributed by atoms with Gasteiger partial charge in [-0.25, -0.2) is 17.6 Å². The number of aliphatic hydroxyl groups excluding tert-OH is 1. The maximum atomic E-state index is 17.9. The Morgan fingerprint density at radius 3 is 2.56 bits per heavy atom. The Bertz CT molecular complexity index is 2080. The second kappa shape index (κ2) is 14.8. The lowest BCUT2D eigenvalue weighted by atomic mass is 9.81. The highest BCUT2D eigenvalue weighted by molar-refractivity contribution is 6.51. The van der Waals surface area contributed by atoms with Crippen LogP contribution in [0.15, 0.2) is 35.3 Å². The van der Waals surface area contributed by atoms with Gasteiger partial charge >= 0.3 is 6.01 Å². The zero-order valence-corrected chi connectivity index (χ0v) is 31.9. The predicted octanol–water partition coefficient (Wildman–Crippen LogP) is 6.59. The Morgan fingerprint density at radius 2 is 1.91 bits per heavy atom. The van der Waals surface area contributed by atoms with Gasteiger partial charge in [-0.15, -0.1) is 0 Å². The van der Waals surface area contributed by atoms with Crippen molar-refractivity contribution in [2.24, 2.45) is 10.4 Å². The van der Waals surface area contributed by atoms with Crippen LogP contribution in [0.2, 0.25) is 0 Å². The highest BCUT2D eigenvalue weighted by atomic mass is 19.3. The van der Waals surface area contributed by atoms with E-state index in [1.807, 2.05) is 25.7 Å². The molecule has 4 aliphatic rings. The molecule has 2 aliphatic carbocycles. The van der Waals surface area contributed by atoms with E-state index in [4.69, 9.17) is 19.5 Å². The van der Waals surface area contributed by atoms with Crippen molar-refractivity contribution in [2.45, 2.75) is 84.0 Å². The highest BCUT2D eigenvalue weighted by Crippen LogP contribution is 2.50. The number of aromatic hydroxyl groups is 1. The van der Waals surface area contributed by atoms with Crippen LogP contribution in [0.1, 0.15) is 76.3 Å². The minimum Gasteiger partial charge on any atom is -0.508 e. The number of aliphatic hydroxyl groups is 2. The van der Waals surface area contributed by atoms with Crippen molar-refractivity contribution in [2.75, 3.05) is 57.4 Å². The molecule has 3 atom stereocenters. The molecule has 2 aliphatic heterocycles. The predicted molar refractivity (Wildman–Crippen MR) is 204 cm³/mol. The summed E-state index contributed by atoms with van der Waals surface area (Å²) in [4.78, 5) is 17.9. The molecule has 296 valence electrons. The molecule has 2 saturated heterocycles. The van der Waals surface area contributed by atoms with Crippen LogP contribution in [0.25, 0.3) is 27.7 Å². The summed E-state index contributed by atoms with van der Waals surface area (Å²) >= 11 is 0. The number of allylic oxidation sites excluding steroid dienone is 3. The molecule has 0 bridgehead atoms. The molecule has 10 nitrogen and oxygen atoms in total. The molecule has 3 unspecified atom stereocenters. The van der Waals surface area contributed by atoms with Crippen molar-refractivity contribution in [3.05, 3.63) is 58.5 Å². The summed E-state index contributed by atoms with van der Waals surface area (Å²) in [5, 5.41) is 33.1. The molecule has 1 aromatic heterocycles. The molecular weight excluding hydrogens is 718 g/mol. The fourth-order valence-corrected chi connectivity index (χ4v) is 7.99. The number of rotatable bonds is 10. The number of phenolic OH excluding ortho intramolecular Hbond substituents is 1. The monoisotopic (exact) mass is 767 g/mol. The molecular formula is C41H49F4N5O5. The molecule has 14 heteroatoms. The van der Waals surface area contributed by atoms with E-state index in [1.54, 1.807) is 26.0 Å². The summed E-state index contributed by atoms with van der Waals surface area (Å²) in [6.07, 6.45) is 2.41. The Morgan fingerprint density at radius 1 is 1.15 bits per heavy atom. The SMILES string of the molecule is C/C=C1\C(=NC(C)CC)C(c2cc(O)cc3ccc(F)c(CC)c23)=C(F)c2nc(OCC3(CN4CC(O)C(F)(F)C4)CC3)nc(N3CCOCC(C)(O)C3)c21. The summed E-state index contributed by atoms with van der Waals surface area (Å²) in [5.41, 5.74) is -0.0809. The van der Waals surface area contributed by atoms with Crippen molar-refractivity contribution >= 4 is 39.3 Å². The summed E-state index contributed by atoms with van der Waals surface area (Å²) < 4.78 is 73.7. The Kier molecular flexibility index (Phi) is 10.5. The van der Waals surface area contributed by atoms with Crippen LogP contribution in [0.5, 0.6) is 11.8 Å². The molecule has 7 rings (SSSR count). The van der Waals surface area contributed by atoms with Crippen molar-refractivity contribution in [3.63, 3.8) is 0 Å². The van der Waals surface area contributed by atoms with Gasteiger partial charge in [-0.3, -0.25) is 9.89 Å². The molecule has 3 N–H and O–H groups in total. The van der Waals surface area contributed by atoms with Crippen LogP contribution < -0.4 is 9.64 Å². The summed E-state index contributed by atoms with van der Waals surface area (Å²) in [6.45, 7) is 9.51. The van der Waals surface area contributed by atoms with Gasteiger partial charge in [0.2, 0.25) is 0 Å². The number of aryl methyl sites for hydroxylation is 1. The van der Waals surface area contributed by atoms with Gasteiger partial charge in [-0.1, -0.05) is 26.0 Å².